The lowest BCUT2D eigenvalue weighted by atomic mass is 9.59. The number of fused-ring (bicyclic) bond motifs is 2. The first-order valence-corrected chi connectivity index (χ1v) is 7.85. The fraction of sp³-hybridized carbons (Fsp3) is 0.778. The summed E-state index contributed by atoms with van der Waals surface area (Å²) in [6.07, 6.45) is 8.65. The normalized spacial score (nSPS) is 40.7. The molecule has 1 fully saturated rings. The summed E-state index contributed by atoms with van der Waals surface area (Å²) in [5.74, 6) is 4.06. The molecule has 0 N–H and O–H groups in total. The maximum atomic E-state index is 2.37. The summed E-state index contributed by atoms with van der Waals surface area (Å²) < 4.78 is 0. The molecule has 0 heteroatoms. The highest BCUT2D eigenvalue weighted by molar-refractivity contribution is 5.20. The van der Waals surface area contributed by atoms with Gasteiger partial charge in [0, 0.05) is 0 Å². The van der Waals surface area contributed by atoms with Crippen molar-refractivity contribution >= 4 is 0 Å². The molecular formula is C18H28. The Bertz CT molecular complexity index is 334. The van der Waals surface area contributed by atoms with Gasteiger partial charge < -0.3 is 0 Å². The minimum Gasteiger partial charge on any atom is -0.0741 e. The van der Waals surface area contributed by atoms with Crippen molar-refractivity contribution in [3.63, 3.8) is 0 Å². The van der Waals surface area contributed by atoms with Gasteiger partial charge in [-0.1, -0.05) is 22.3 Å². The first kappa shape index (κ1) is 12.5. The van der Waals surface area contributed by atoms with Gasteiger partial charge in [0.25, 0.3) is 0 Å². The summed E-state index contributed by atoms with van der Waals surface area (Å²) in [5, 5.41) is 0. The predicted molar refractivity (Wildman–Crippen MR) is 78.4 cm³/mol. The van der Waals surface area contributed by atoms with Crippen LogP contribution in [0.4, 0.5) is 0 Å². The van der Waals surface area contributed by atoms with Crippen molar-refractivity contribution in [1.29, 1.82) is 0 Å². The maximum Gasteiger partial charge on any atom is -0.0289 e. The third kappa shape index (κ3) is 2.08. The number of allylic oxidation sites excluding steroid dienone is 4. The van der Waals surface area contributed by atoms with Crippen LogP contribution in [0, 0.1) is 23.7 Å². The molecule has 0 nitrogen and oxygen atoms in total. The Morgan fingerprint density at radius 1 is 0.500 bits per heavy atom. The van der Waals surface area contributed by atoms with Crippen molar-refractivity contribution in [2.24, 2.45) is 23.7 Å². The molecule has 0 aromatic heterocycles. The lowest BCUT2D eigenvalue weighted by Gasteiger charge is -2.46. The van der Waals surface area contributed by atoms with Gasteiger partial charge in [0.2, 0.25) is 0 Å². The summed E-state index contributed by atoms with van der Waals surface area (Å²) in [6.45, 7) is 9.48. The molecule has 3 aliphatic rings. The van der Waals surface area contributed by atoms with Crippen molar-refractivity contribution in [3.8, 4) is 0 Å². The molecule has 1 saturated carbocycles. The maximum absolute atomic E-state index is 2.37. The van der Waals surface area contributed by atoms with Crippen LogP contribution in [0.1, 0.15) is 66.2 Å². The second-order valence-corrected chi connectivity index (χ2v) is 7.45. The van der Waals surface area contributed by atoms with Crippen molar-refractivity contribution < 1.29 is 0 Å². The van der Waals surface area contributed by atoms with Gasteiger partial charge in [0.15, 0.2) is 0 Å². The van der Waals surface area contributed by atoms with Gasteiger partial charge in [-0.15, -0.1) is 0 Å². The van der Waals surface area contributed by atoms with Gasteiger partial charge in [-0.2, -0.15) is 0 Å². The third-order valence-electron chi connectivity index (χ3n) is 6.27. The average molecular weight is 244 g/mol. The molecule has 0 aliphatic heterocycles. The minimum atomic E-state index is 1.01. The zero-order valence-electron chi connectivity index (χ0n) is 12.6. The minimum absolute atomic E-state index is 1.01. The van der Waals surface area contributed by atoms with Gasteiger partial charge in [0.05, 0.1) is 0 Å². The molecule has 0 heterocycles. The first-order chi connectivity index (χ1) is 8.54. The molecule has 18 heavy (non-hydrogen) atoms. The van der Waals surface area contributed by atoms with Crippen LogP contribution in [0.2, 0.25) is 0 Å². The number of hydrogen-bond donors (Lipinski definition) is 0. The molecule has 0 spiro atoms. The van der Waals surface area contributed by atoms with Crippen molar-refractivity contribution in [3.05, 3.63) is 22.3 Å². The quantitative estimate of drug-likeness (QED) is 0.493. The summed E-state index contributed by atoms with van der Waals surface area (Å²) in [7, 11) is 0. The highest BCUT2D eigenvalue weighted by Crippen LogP contribution is 2.51. The van der Waals surface area contributed by atoms with Crippen LogP contribution < -0.4 is 0 Å². The Labute approximate surface area is 113 Å². The monoisotopic (exact) mass is 244 g/mol. The van der Waals surface area contributed by atoms with Crippen LogP contribution in [0.15, 0.2) is 22.3 Å². The Morgan fingerprint density at radius 2 is 0.722 bits per heavy atom. The SMILES string of the molecule is CC1=C(C)CC2CC3CC(C)=C(C)CC3CC2C1. The van der Waals surface area contributed by atoms with E-state index in [0.717, 1.165) is 23.7 Å². The lowest BCUT2D eigenvalue weighted by Crippen LogP contribution is -2.36. The summed E-state index contributed by atoms with van der Waals surface area (Å²) >= 11 is 0. The van der Waals surface area contributed by atoms with E-state index >= 15 is 0 Å². The van der Waals surface area contributed by atoms with Crippen LogP contribution in [0.5, 0.6) is 0 Å². The van der Waals surface area contributed by atoms with Crippen molar-refractivity contribution in [2.45, 2.75) is 66.2 Å². The van der Waals surface area contributed by atoms with E-state index < -0.39 is 0 Å². The van der Waals surface area contributed by atoms with Crippen molar-refractivity contribution in [1.82, 2.24) is 0 Å². The standard InChI is InChI=1S/C18H28/c1-11-5-15-9-17-7-13(3)14(4)8-18(17)10-16(15)6-12(11)2/h15-18H,5-10H2,1-4H3. The van der Waals surface area contributed by atoms with E-state index in [4.69, 9.17) is 0 Å². The molecule has 100 valence electrons. The topological polar surface area (TPSA) is 0 Å². The Kier molecular flexibility index (Phi) is 3.16. The fourth-order valence-corrected chi connectivity index (χ4v) is 4.82. The number of hydrogen-bond acceptors (Lipinski definition) is 0. The second-order valence-electron chi connectivity index (χ2n) is 7.45. The molecule has 0 aromatic carbocycles. The average Bonchev–Trinajstić information content (AvgIpc) is 2.31. The Morgan fingerprint density at radius 3 is 0.944 bits per heavy atom. The first-order valence-electron chi connectivity index (χ1n) is 7.85. The molecular weight excluding hydrogens is 216 g/mol. The van der Waals surface area contributed by atoms with E-state index in [1.165, 1.54) is 38.5 Å². The van der Waals surface area contributed by atoms with E-state index in [1.807, 2.05) is 0 Å². The molecule has 0 aromatic rings. The summed E-state index contributed by atoms with van der Waals surface area (Å²) in [5.41, 5.74) is 6.81. The Balaban J connectivity index is 1.77. The molecule has 3 rings (SSSR count). The summed E-state index contributed by atoms with van der Waals surface area (Å²) in [6, 6.07) is 0. The molecule has 0 amide bonds. The predicted octanol–water partition coefficient (Wildman–Crippen LogP) is 5.51. The largest absolute Gasteiger partial charge is 0.0741 e. The van der Waals surface area contributed by atoms with E-state index in [9.17, 15) is 0 Å². The Hall–Kier alpha value is -0.520. The van der Waals surface area contributed by atoms with E-state index in [1.54, 1.807) is 22.3 Å². The molecule has 0 radical (unpaired) electrons. The highest BCUT2D eigenvalue weighted by atomic mass is 14.4. The van der Waals surface area contributed by atoms with Crippen LogP contribution in [0.25, 0.3) is 0 Å². The van der Waals surface area contributed by atoms with Gasteiger partial charge in [0.1, 0.15) is 0 Å². The molecule has 4 unspecified atom stereocenters. The number of rotatable bonds is 0. The molecule has 3 aliphatic carbocycles. The third-order valence-corrected chi connectivity index (χ3v) is 6.27. The summed E-state index contributed by atoms with van der Waals surface area (Å²) in [4.78, 5) is 0. The lowest BCUT2D eigenvalue weighted by molar-refractivity contribution is 0.0967. The van der Waals surface area contributed by atoms with Gasteiger partial charge in [-0.25, -0.2) is 0 Å². The molecule has 4 atom stereocenters. The van der Waals surface area contributed by atoms with E-state index in [2.05, 4.69) is 27.7 Å². The van der Waals surface area contributed by atoms with Crippen LogP contribution in [-0.4, -0.2) is 0 Å². The highest BCUT2D eigenvalue weighted by Gasteiger charge is 2.40. The van der Waals surface area contributed by atoms with Gasteiger partial charge in [-0.05, 0) is 89.9 Å². The van der Waals surface area contributed by atoms with Gasteiger partial charge in [-0.3, -0.25) is 0 Å². The van der Waals surface area contributed by atoms with Crippen LogP contribution in [0.3, 0.4) is 0 Å². The van der Waals surface area contributed by atoms with Crippen LogP contribution >= 0.6 is 0 Å². The van der Waals surface area contributed by atoms with Crippen molar-refractivity contribution in [2.75, 3.05) is 0 Å². The fourth-order valence-electron chi connectivity index (χ4n) is 4.82. The molecule has 0 saturated heterocycles. The van der Waals surface area contributed by atoms with Crippen LogP contribution in [-0.2, 0) is 0 Å². The zero-order valence-corrected chi connectivity index (χ0v) is 12.6. The smallest absolute Gasteiger partial charge is 0.0289 e. The van der Waals surface area contributed by atoms with E-state index in [-0.39, 0.29) is 0 Å². The molecule has 0 bridgehead atoms. The van der Waals surface area contributed by atoms with Gasteiger partial charge >= 0.3 is 0 Å². The second kappa shape index (κ2) is 4.54. The van der Waals surface area contributed by atoms with E-state index in [0.29, 0.717) is 0 Å². The zero-order chi connectivity index (χ0) is 12.9.